The van der Waals surface area contributed by atoms with Crippen molar-refractivity contribution in [2.75, 3.05) is 19.1 Å². The van der Waals surface area contributed by atoms with Crippen LogP contribution in [0.2, 0.25) is 0 Å². The Morgan fingerprint density at radius 2 is 1.94 bits per heavy atom. The molecule has 0 bridgehead atoms. The van der Waals surface area contributed by atoms with Gasteiger partial charge in [0.25, 0.3) is 0 Å². The number of halogens is 1. The quantitative estimate of drug-likeness (QED) is 0.930. The number of nitrogens with zero attached hydrogens (tertiary/aromatic N) is 1. The van der Waals surface area contributed by atoms with E-state index in [9.17, 15) is 5.11 Å². The van der Waals surface area contributed by atoms with E-state index in [0.29, 0.717) is 6.04 Å². The highest BCUT2D eigenvalue weighted by Gasteiger charge is 2.24. The van der Waals surface area contributed by atoms with E-state index in [4.69, 9.17) is 4.74 Å². The maximum Gasteiger partial charge on any atom is 0.142 e. The van der Waals surface area contributed by atoms with Crippen LogP contribution in [0, 0.1) is 0 Å². The van der Waals surface area contributed by atoms with Gasteiger partial charge in [0.05, 0.1) is 18.9 Å². The third kappa shape index (κ3) is 2.98. The van der Waals surface area contributed by atoms with Crippen LogP contribution in [0.25, 0.3) is 0 Å². The molecule has 1 aliphatic carbocycles. The molecule has 1 aromatic rings. The highest BCUT2D eigenvalue weighted by Crippen LogP contribution is 2.34. The monoisotopic (exact) mass is 313 g/mol. The highest BCUT2D eigenvalue weighted by molar-refractivity contribution is 9.10. The van der Waals surface area contributed by atoms with Gasteiger partial charge in [-0.2, -0.15) is 0 Å². The fourth-order valence-electron chi connectivity index (χ4n) is 2.58. The van der Waals surface area contributed by atoms with Gasteiger partial charge in [-0.3, -0.25) is 0 Å². The minimum absolute atomic E-state index is 0.112. The van der Waals surface area contributed by atoms with Crippen LogP contribution in [0.15, 0.2) is 22.7 Å². The van der Waals surface area contributed by atoms with Gasteiger partial charge in [-0.05, 0) is 43.9 Å². The Balaban J connectivity index is 2.17. The Hall–Kier alpha value is -0.740. The van der Waals surface area contributed by atoms with Crippen LogP contribution in [-0.4, -0.2) is 31.4 Å². The van der Waals surface area contributed by atoms with Crippen LogP contribution in [0.5, 0.6) is 5.75 Å². The molecule has 0 radical (unpaired) electrons. The van der Waals surface area contributed by atoms with Gasteiger partial charge in [-0.15, -0.1) is 0 Å². The second-order valence-electron chi connectivity index (χ2n) is 4.89. The van der Waals surface area contributed by atoms with Crippen LogP contribution >= 0.6 is 15.9 Å². The number of methoxy groups -OCH3 is 1. The minimum atomic E-state index is -0.112. The van der Waals surface area contributed by atoms with Crippen molar-refractivity contribution in [1.29, 1.82) is 0 Å². The molecule has 0 spiro atoms. The van der Waals surface area contributed by atoms with Crippen molar-refractivity contribution in [3.63, 3.8) is 0 Å². The number of hydrogen-bond donors (Lipinski definition) is 1. The average molecular weight is 314 g/mol. The lowest BCUT2D eigenvalue weighted by Crippen LogP contribution is -2.36. The third-order valence-electron chi connectivity index (χ3n) is 3.73. The maximum absolute atomic E-state index is 9.57. The molecule has 0 heterocycles. The van der Waals surface area contributed by atoms with E-state index in [2.05, 4.69) is 33.9 Å². The second-order valence-corrected chi connectivity index (χ2v) is 5.81. The first kappa shape index (κ1) is 13.7. The van der Waals surface area contributed by atoms with E-state index in [1.165, 1.54) is 0 Å². The van der Waals surface area contributed by atoms with Gasteiger partial charge in [-0.1, -0.05) is 15.9 Å². The van der Waals surface area contributed by atoms with Crippen molar-refractivity contribution in [3.8, 4) is 5.75 Å². The molecule has 18 heavy (non-hydrogen) atoms. The van der Waals surface area contributed by atoms with Crippen LogP contribution in [0.1, 0.15) is 25.7 Å². The first-order valence-corrected chi connectivity index (χ1v) is 7.15. The van der Waals surface area contributed by atoms with Crippen LogP contribution in [0.3, 0.4) is 0 Å². The fourth-order valence-corrected chi connectivity index (χ4v) is 2.93. The molecule has 1 N–H and O–H groups in total. The average Bonchev–Trinajstić information content (AvgIpc) is 2.39. The predicted octanol–water partition coefficient (Wildman–Crippen LogP) is 3.20. The summed E-state index contributed by atoms with van der Waals surface area (Å²) in [6.45, 7) is 0. The smallest absolute Gasteiger partial charge is 0.142 e. The highest BCUT2D eigenvalue weighted by atomic mass is 79.9. The summed E-state index contributed by atoms with van der Waals surface area (Å²) < 4.78 is 6.48. The summed E-state index contributed by atoms with van der Waals surface area (Å²) in [6, 6.07) is 6.54. The summed E-state index contributed by atoms with van der Waals surface area (Å²) in [7, 11) is 3.80. The number of anilines is 1. The van der Waals surface area contributed by atoms with E-state index < -0.39 is 0 Å². The molecule has 0 atom stereocenters. The molecular formula is C14H20BrNO2. The van der Waals surface area contributed by atoms with Crippen LogP contribution in [0.4, 0.5) is 5.69 Å². The Bertz CT molecular complexity index is 403. The van der Waals surface area contributed by atoms with Gasteiger partial charge < -0.3 is 14.7 Å². The first-order chi connectivity index (χ1) is 8.61. The Kier molecular flexibility index (Phi) is 4.51. The fraction of sp³-hybridized carbons (Fsp3) is 0.571. The van der Waals surface area contributed by atoms with Gasteiger partial charge in [0, 0.05) is 17.6 Å². The van der Waals surface area contributed by atoms with E-state index >= 15 is 0 Å². The van der Waals surface area contributed by atoms with E-state index in [1.54, 1.807) is 7.11 Å². The number of aliphatic hydroxyl groups excluding tert-OH is 1. The van der Waals surface area contributed by atoms with Gasteiger partial charge in [0.15, 0.2) is 0 Å². The molecule has 0 aromatic heterocycles. The van der Waals surface area contributed by atoms with Gasteiger partial charge in [0.2, 0.25) is 0 Å². The third-order valence-corrected chi connectivity index (χ3v) is 4.23. The Morgan fingerprint density at radius 1 is 1.28 bits per heavy atom. The summed E-state index contributed by atoms with van der Waals surface area (Å²) in [5.74, 6) is 0.895. The van der Waals surface area contributed by atoms with Gasteiger partial charge in [0.1, 0.15) is 5.75 Å². The van der Waals surface area contributed by atoms with E-state index in [-0.39, 0.29) is 6.10 Å². The molecule has 0 unspecified atom stereocenters. The molecule has 1 aliphatic rings. The number of rotatable bonds is 3. The zero-order chi connectivity index (χ0) is 13.1. The zero-order valence-electron chi connectivity index (χ0n) is 10.9. The Morgan fingerprint density at radius 3 is 2.56 bits per heavy atom. The van der Waals surface area contributed by atoms with Gasteiger partial charge in [-0.25, -0.2) is 0 Å². The molecular weight excluding hydrogens is 294 g/mol. The molecule has 1 saturated carbocycles. The van der Waals surface area contributed by atoms with Crippen molar-refractivity contribution < 1.29 is 9.84 Å². The molecule has 100 valence electrons. The predicted molar refractivity (Wildman–Crippen MR) is 77.4 cm³/mol. The lowest BCUT2D eigenvalue weighted by molar-refractivity contribution is 0.122. The molecule has 2 rings (SSSR count). The summed E-state index contributed by atoms with van der Waals surface area (Å²) in [5.41, 5.74) is 1.10. The van der Waals surface area contributed by atoms with Crippen LogP contribution in [-0.2, 0) is 0 Å². The van der Waals surface area contributed by atoms with Crippen LogP contribution < -0.4 is 9.64 Å². The largest absolute Gasteiger partial charge is 0.495 e. The van der Waals surface area contributed by atoms with Crippen molar-refractivity contribution in [2.24, 2.45) is 0 Å². The molecule has 1 aromatic carbocycles. The minimum Gasteiger partial charge on any atom is -0.495 e. The lowest BCUT2D eigenvalue weighted by Gasteiger charge is -2.35. The van der Waals surface area contributed by atoms with Crippen molar-refractivity contribution in [1.82, 2.24) is 0 Å². The lowest BCUT2D eigenvalue weighted by atomic mass is 9.92. The van der Waals surface area contributed by atoms with E-state index in [1.807, 2.05) is 12.1 Å². The SMILES string of the molecule is COc1ccc(Br)cc1N(C)C1CCC(O)CC1. The second kappa shape index (κ2) is 5.93. The van der Waals surface area contributed by atoms with Crippen molar-refractivity contribution >= 4 is 21.6 Å². The topological polar surface area (TPSA) is 32.7 Å². The molecule has 0 aliphatic heterocycles. The number of aliphatic hydroxyl groups is 1. The number of ether oxygens (including phenoxy) is 1. The number of hydrogen-bond acceptors (Lipinski definition) is 3. The number of benzene rings is 1. The van der Waals surface area contributed by atoms with Crippen molar-refractivity contribution in [3.05, 3.63) is 22.7 Å². The van der Waals surface area contributed by atoms with Crippen molar-refractivity contribution in [2.45, 2.75) is 37.8 Å². The summed E-state index contributed by atoms with van der Waals surface area (Å²) in [4.78, 5) is 2.27. The summed E-state index contributed by atoms with van der Waals surface area (Å²) in [5, 5.41) is 9.57. The normalized spacial score (nSPS) is 23.8. The van der Waals surface area contributed by atoms with Gasteiger partial charge >= 0.3 is 0 Å². The van der Waals surface area contributed by atoms with E-state index in [0.717, 1.165) is 41.6 Å². The first-order valence-electron chi connectivity index (χ1n) is 6.36. The molecule has 0 saturated heterocycles. The Labute approximate surface area is 117 Å². The standard InChI is InChI=1S/C14H20BrNO2/c1-16(11-4-6-12(17)7-5-11)13-9-10(15)3-8-14(13)18-2/h3,8-9,11-12,17H,4-7H2,1-2H3. The molecule has 0 amide bonds. The summed E-state index contributed by atoms with van der Waals surface area (Å²) in [6.07, 6.45) is 3.75. The molecule has 1 fully saturated rings. The maximum atomic E-state index is 9.57. The summed E-state index contributed by atoms with van der Waals surface area (Å²) >= 11 is 3.51. The molecule has 4 heteroatoms. The molecule has 3 nitrogen and oxygen atoms in total. The zero-order valence-corrected chi connectivity index (χ0v) is 12.5.